The molecule has 0 saturated carbocycles. The van der Waals surface area contributed by atoms with Crippen molar-refractivity contribution in [3.63, 3.8) is 0 Å². The second-order valence-corrected chi connectivity index (χ2v) is 4.49. The standard InChI is InChI=1S/C16H10F3N/c17-13-6-5-10(9-3-1-2-4-11(9)13)12-7-15(19)16(20)8-14(12)18/h1-8H,20H2. The van der Waals surface area contributed by atoms with E-state index >= 15 is 0 Å². The Hall–Kier alpha value is -2.49. The van der Waals surface area contributed by atoms with E-state index in [2.05, 4.69) is 0 Å². The summed E-state index contributed by atoms with van der Waals surface area (Å²) >= 11 is 0. The zero-order valence-corrected chi connectivity index (χ0v) is 10.3. The highest BCUT2D eigenvalue weighted by Gasteiger charge is 2.13. The van der Waals surface area contributed by atoms with Gasteiger partial charge in [0, 0.05) is 17.0 Å². The molecule has 2 N–H and O–H groups in total. The smallest absolute Gasteiger partial charge is 0.146 e. The molecule has 0 spiro atoms. The highest BCUT2D eigenvalue weighted by molar-refractivity contribution is 5.97. The summed E-state index contributed by atoms with van der Waals surface area (Å²) in [5, 5.41) is 0.886. The van der Waals surface area contributed by atoms with Gasteiger partial charge >= 0.3 is 0 Å². The number of benzene rings is 3. The molecule has 3 aromatic carbocycles. The molecule has 0 aromatic heterocycles. The molecule has 0 aliphatic heterocycles. The van der Waals surface area contributed by atoms with E-state index in [9.17, 15) is 13.2 Å². The normalized spacial score (nSPS) is 10.9. The lowest BCUT2D eigenvalue weighted by atomic mass is 9.97. The number of anilines is 1. The molecule has 0 aliphatic rings. The Balaban J connectivity index is 2.36. The Labute approximate surface area is 113 Å². The lowest BCUT2D eigenvalue weighted by Crippen LogP contribution is -1.95. The molecule has 100 valence electrons. The summed E-state index contributed by atoms with van der Waals surface area (Å²) in [4.78, 5) is 0. The van der Waals surface area contributed by atoms with Gasteiger partial charge in [-0.2, -0.15) is 0 Å². The van der Waals surface area contributed by atoms with E-state index in [0.717, 1.165) is 12.1 Å². The first-order valence-electron chi connectivity index (χ1n) is 6.00. The van der Waals surface area contributed by atoms with Gasteiger partial charge < -0.3 is 5.73 Å². The van der Waals surface area contributed by atoms with Crippen molar-refractivity contribution in [1.29, 1.82) is 0 Å². The number of nitrogen functional groups attached to an aromatic ring is 1. The minimum atomic E-state index is -0.699. The summed E-state index contributed by atoms with van der Waals surface area (Å²) in [5.41, 5.74) is 5.57. The Morgan fingerprint density at radius 2 is 1.35 bits per heavy atom. The molecule has 0 heterocycles. The number of nitrogens with two attached hydrogens (primary N) is 1. The van der Waals surface area contributed by atoms with E-state index in [-0.39, 0.29) is 11.3 Å². The van der Waals surface area contributed by atoms with Gasteiger partial charge in [-0.25, -0.2) is 13.2 Å². The van der Waals surface area contributed by atoms with Crippen LogP contribution in [0, 0.1) is 17.5 Å². The topological polar surface area (TPSA) is 26.0 Å². The molecule has 3 aromatic rings. The Morgan fingerprint density at radius 1 is 0.650 bits per heavy atom. The number of fused-ring (bicyclic) bond motifs is 1. The summed E-state index contributed by atoms with van der Waals surface area (Å²) in [5.74, 6) is -1.74. The lowest BCUT2D eigenvalue weighted by molar-refractivity contribution is 0.607. The maximum atomic E-state index is 14.0. The van der Waals surface area contributed by atoms with E-state index in [1.54, 1.807) is 24.3 Å². The fraction of sp³-hybridized carbons (Fsp3) is 0. The van der Waals surface area contributed by atoms with E-state index in [0.29, 0.717) is 16.3 Å². The average molecular weight is 273 g/mol. The third-order valence-corrected chi connectivity index (χ3v) is 3.25. The summed E-state index contributed by atoms with van der Waals surface area (Å²) in [6.45, 7) is 0. The first kappa shape index (κ1) is 12.5. The third-order valence-electron chi connectivity index (χ3n) is 3.25. The monoisotopic (exact) mass is 273 g/mol. The predicted octanol–water partition coefficient (Wildman–Crippen LogP) is 4.51. The van der Waals surface area contributed by atoms with E-state index in [1.165, 1.54) is 12.1 Å². The van der Waals surface area contributed by atoms with Gasteiger partial charge in [0.1, 0.15) is 17.5 Å². The SMILES string of the molecule is Nc1cc(F)c(-c2ccc(F)c3ccccc23)cc1F. The number of hydrogen-bond acceptors (Lipinski definition) is 1. The van der Waals surface area contributed by atoms with Gasteiger partial charge in [-0.3, -0.25) is 0 Å². The largest absolute Gasteiger partial charge is 0.396 e. The highest BCUT2D eigenvalue weighted by Crippen LogP contribution is 2.33. The lowest BCUT2D eigenvalue weighted by Gasteiger charge is -2.10. The number of halogens is 3. The molecular weight excluding hydrogens is 263 g/mol. The quantitative estimate of drug-likeness (QED) is 0.649. The highest BCUT2D eigenvalue weighted by atomic mass is 19.1. The Morgan fingerprint density at radius 3 is 2.10 bits per heavy atom. The first-order chi connectivity index (χ1) is 9.58. The van der Waals surface area contributed by atoms with Crippen LogP contribution in [-0.2, 0) is 0 Å². The van der Waals surface area contributed by atoms with Crippen LogP contribution in [0.5, 0.6) is 0 Å². The molecular formula is C16H10F3N. The maximum Gasteiger partial charge on any atom is 0.146 e. The second kappa shape index (κ2) is 4.56. The molecule has 1 nitrogen and oxygen atoms in total. The van der Waals surface area contributed by atoms with Crippen molar-refractivity contribution < 1.29 is 13.2 Å². The zero-order valence-electron chi connectivity index (χ0n) is 10.3. The van der Waals surface area contributed by atoms with Crippen LogP contribution >= 0.6 is 0 Å². The molecule has 0 radical (unpaired) electrons. The van der Waals surface area contributed by atoms with Gasteiger partial charge in [0.25, 0.3) is 0 Å². The van der Waals surface area contributed by atoms with Crippen molar-refractivity contribution >= 4 is 16.5 Å². The average Bonchev–Trinajstić information content (AvgIpc) is 2.44. The first-order valence-corrected chi connectivity index (χ1v) is 6.00. The van der Waals surface area contributed by atoms with Crippen LogP contribution in [0.15, 0.2) is 48.5 Å². The molecule has 0 fully saturated rings. The van der Waals surface area contributed by atoms with Gasteiger partial charge in [0.2, 0.25) is 0 Å². The van der Waals surface area contributed by atoms with E-state index < -0.39 is 17.5 Å². The van der Waals surface area contributed by atoms with Gasteiger partial charge in [-0.15, -0.1) is 0 Å². The van der Waals surface area contributed by atoms with Crippen LogP contribution in [0.1, 0.15) is 0 Å². The van der Waals surface area contributed by atoms with Crippen molar-refractivity contribution in [3.05, 3.63) is 66.0 Å². The van der Waals surface area contributed by atoms with Crippen molar-refractivity contribution in [1.82, 2.24) is 0 Å². The molecule has 0 bridgehead atoms. The predicted molar refractivity (Wildman–Crippen MR) is 73.7 cm³/mol. The number of rotatable bonds is 1. The van der Waals surface area contributed by atoms with E-state index in [1.807, 2.05) is 0 Å². The second-order valence-electron chi connectivity index (χ2n) is 4.49. The summed E-state index contributed by atoms with van der Waals surface area (Å²) in [7, 11) is 0. The van der Waals surface area contributed by atoms with Gasteiger partial charge in [-0.05, 0) is 23.1 Å². The number of hydrogen-bond donors (Lipinski definition) is 1. The van der Waals surface area contributed by atoms with Crippen LogP contribution in [0.3, 0.4) is 0 Å². The minimum Gasteiger partial charge on any atom is -0.396 e. The Kier molecular flexibility index (Phi) is 2.86. The van der Waals surface area contributed by atoms with Crippen LogP contribution in [0.4, 0.5) is 18.9 Å². The molecule has 4 heteroatoms. The minimum absolute atomic E-state index is 0.0629. The third kappa shape index (κ3) is 1.90. The Bertz CT molecular complexity index is 812. The fourth-order valence-electron chi connectivity index (χ4n) is 2.27. The van der Waals surface area contributed by atoms with Gasteiger partial charge in [0.05, 0.1) is 5.69 Å². The van der Waals surface area contributed by atoms with Crippen LogP contribution in [-0.4, -0.2) is 0 Å². The summed E-state index contributed by atoms with van der Waals surface area (Å²) in [6, 6.07) is 11.3. The maximum absolute atomic E-state index is 14.0. The van der Waals surface area contributed by atoms with Crippen LogP contribution in [0.2, 0.25) is 0 Å². The van der Waals surface area contributed by atoms with Crippen molar-refractivity contribution in [2.75, 3.05) is 5.73 Å². The zero-order chi connectivity index (χ0) is 14.3. The van der Waals surface area contributed by atoms with Crippen molar-refractivity contribution in [2.45, 2.75) is 0 Å². The van der Waals surface area contributed by atoms with Crippen LogP contribution in [0.25, 0.3) is 21.9 Å². The van der Waals surface area contributed by atoms with Crippen molar-refractivity contribution in [3.8, 4) is 11.1 Å². The molecule has 20 heavy (non-hydrogen) atoms. The van der Waals surface area contributed by atoms with Crippen molar-refractivity contribution in [2.24, 2.45) is 0 Å². The molecule has 0 atom stereocenters. The fourth-order valence-corrected chi connectivity index (χ4v) is 2.27. The molecule has 0 saturated heterocycles. The summed E-state index contributed by atoms with van der Waals surface area (Å²) < 4.78 is 41.3. The molecule has 0 aliphatic carbocycles. The van der Waals surface area contributed by atoms with Gasteiger partial charge in [-0.1, -0.05) is 30.3 Å². The van der Waals surface area contributed by atoms with Gasteiger partial charge in [0.15, 0.2) is 0 Å². The van der Waals surface area contributed by atoms with E-state index in [4.69, 9.17) is 5.73 Å². The molecule has 0 amide bonds. The summed E-state index contributed by atoms with van der Waals surface area (Å²) in [6.07, 6.45) is 0. The molecule has 0 unspecified atom stereocenters. The molecule has 3 rings (SSSR count). The van der Waals surface area contributed by atoms with Crippen LogP contribution < -0.4 is 5.73 Å².